The molecule has 4 amide bonds. The van der Waals surface area contributed by atoms with Crippen molar-refractivity contribution < 1.29 is 29.1 Å². The second-order valence-corrected chi connectivity index (χ2v) is 11.1. The summed E-state index contributed by atoms with van der Waals surface area (Å²) in [6.07, 6.45) is 3.52. The first-order chi connectivity index (χ1) is 20.1. The second kappa shape index (κ2) is 18.4. The van der Waals surface area contributed by atoms with Crippen LogP contribution in [0.15, 0.2) is 30.3 Å². The lowest BCUT2D eigenvalue weighted by atomic mass is 9.97. The average molecular weight is 607 g/mol. The van der Waals surface area contributed by atoms with E-state index in [0.717, 1.165) is 18.5 Å². The van der Waals surface area contributed by atoms with Gasteiger partial charge in [0.15, 0.2) is 0 Å². The Hall–Kier alpha value is -3.16. The number of nitrogens with two attached hydrogens (primary N) is 1. The number of unbranched alkanes of at least 4 members (excludes halogenated alkanes) is 1. The number of hydrogen-bond donors (Lipinski definition) is 8. The molecule has 0 radical (unpaired) electrons. The maximum absolute atomic E-state index is 13.5. The summed E-state index contributed by atoms with van der Waals surface area (Å²) in [4.78, 5) is 64.5. The fourth-order valence-corrected chi connectivity index (χ4v) is 4.93. The van der Waals surface area contributed by atoms with Crippen molar-refractivity contribution in [1.29, 1.82) is 0 Å². The topological polar surface area (TPSA) is 192 Å². The van der Waals surface area contributed by atoms with Crippen molar-refractivity contribution in [1.82, 2.24) is 26.6 Å². The molecule has 0 spiro atoms. The standard InChI is InChI=1S/C29H46N6O6S/c1-3-18(2)24(35-27(38)23(17-42)34-25(36)20-13-9-15-31-20)28(39)32-21(12-7-8-14-30)26(37)33-22(29(40)41)16-19-10-5-4-6-11-19/h4-6,10-11,18,20-24,31,42H,3,7-9,12-17,30H2,1-2H3,(H,32,39)(H,33,37)(H,34,36)(H,35,38)(H,40,41)/t18-,20-,21-,22-,23-,24-/m0/s1. The van der Waals surface area contributed by atoms with E-state index in [-0.39, 0.29) is 36.5 Å². The average Bonchev–Trinajstić information content (AvgIpc) is 3.53. The lowest BCUT2D eigenvalue weighted by molar-refractivity contribution is -0.142. The first kappa shape index (κ1) is 35.0. The number of aliphatic carboxylic acids is 1. The van der Waals surface area contributed by atoms with Crippen LogP contribution < -0.4 is 32.3 Å². The Balaban J connectivity index is 2.14. The van der Waals surface area contributed by atoms with Gasteiger partial charge in [-0.2, -0.15) is 12.6 Å². The van der Waals surface area contributed by atoms with Gasteiger partial charge in [0.25, 0.3) is 0 Å². The number of rotatable bonds is 18. The summed E-state index contributed by atoms with van der Waals surface area (Å²) in [5, 5.41) is 23.6. The molecule has 12 nitrogen and oxygen atoms in total. The molecule has 0 aromatic heterocycles. The summed E-state index contributed by atoms with van der Waals surface area (Å²) in [5.41, 5.74) is 6.36. The Labute approximate surface area is 253 Å². The summed E-state index contributed by atoms with van der Waals surface area (Å²) in [5.74, 6) is -3.55. The van der Waals surface area contributed by atoms with Gasteiger partial charge >= 0.3 is 5.97 Å². The molecule has 0 bridgehead atoms. The zero-order valence-corrected chi connectivity index (χ0v) is 25.3. The third kappa shape index (κ3) is 11.3. The molecule has 1 fully saturated rings. The van der Waals surface area contributed by atoms with Crippen molar-refractivity contribution >= 4 is 42.2 Å². The van der Waals surface area contributed by atoms with Gasteiger partial charge in [0.2, 0.25) is 23.6 Å². The van der Waals surface area contributed by atoms with Crippen LogP contribution in [0.25, 0.3) is 0 Å². The van der Waals surface area contributed by atoms with Crippen LogP contribution in [-0.4, -0.2) is 83.8 Å². The van der Waals surface area contributed by atoms with E-state index in [9.17, 15) is 29.1 Å². The summed E-state index contributed by atoms with van der Waals surface area (Å²) in [6, 6.07) is 4.34. The van der Waals surface area contributed by atoms with Gasteiger partial charge in [0.05, 0.1) is 6.04 Å². The molecule has 42 heavy (non-hydrogen) atoms. The minimum Gasteiger partial charge on any atom is -0.480 e. The Morgan fingerprint density at radius 2 is 1.64 bits per heavy atom. The van der Waals surface area contributed by atoms with E-state index in [1.165, 1.54) is 0 Å². The number of carbonyl (C=O) groups excluding carboxylic acids is 4. The van der Waals surface area contributed by atoms with Crippen molar-refractivity contribution in [2.75, 3.05) is 18.8 Å². The normalized spacial score (nSPS) is 18.1. The molecule has 1 aliphatic heterocycles. The second-order valence-electron chi connectivity index (χ2n) is 10.7. The molecule has 1 aromatic rings. The number of thiol groups is 1. The van der Waals surface area contributed by atoms with Gasteiger partial charge in [-0.3, -0.25) is 19.2 Å². The van der Waals surface area contributed by atoms with Crippen molar-refractivity contribution in [3.63, 3.8) is 0 Å². The molecule has 1 heterocycles. The number of carboxylic acid groups (broad SMARTS) is 1. The summed E-state index contributed by atoms with van der Waals surface area (Å²) < 4.78 is 0. The molecular formula is C29H46N6O6S. The van der Waals surface area contributed by atoms with Crippen LogP contribution in [0.2, 0.25) is 0 Å². The first-order valence-corrected chi connectivity index (χ1v) is 15.3. The number of benzene rings is 1. The molecule has 13 heteroatoms. The van der Waals surface area contributed by atoms with E-state index in [0.29, 0.717) is 32.2 Å². The van der Waals surface area contributed by atoms with Gasteiger partial charge in [0, 0.05) is 12.2 Å². The predicted octanol–water partition coefficient (Wildman–Crippen LogP) is 0.110. The van der Waals surface area contributed by atoms with Crippen LogP contribution in [0.5, 0.6) is 0 Å². The molecule has 6 atom stereocenters. The van der Waals surface area contributed by atoms with E-state index in [2.05, 4.69) is 39.2 Å². The van der Waals surface area contributed by atoms with E-state index >= 15 is 0 Å². The van der Waals surface area contributed by atoms with Crippen LogP contribution >= 0.6 is 12.6 Å². The highest BCUT2D eigenvalue weighted by atomic mass is 32.1. The molecule has 0 aliphatic carbocycles. The fraction of sp³-hybridized carbons (Fsp3) is 0.621. The fourth-order valence-electron chi connectivity index (χ4n) is 4.68. The summed E-state index contributed by atoms with van der Waals surface area (Å²) in [6.45, 7) is 4.79. The number of carboxylic acids is 1. The van der Waals surface area contributed by atoms with Gasteiger partial charge in [-0.05, 0) is 56.7 Å². The quantitative estimate of drug-likeness (QED) is 0.0853. The Morgan fingerprint density at radius 3 is 2.21 bits per heavy atom. The van der Waals surface area contributed by atoms with Gasteiger partial charge < -0.3 is 37.4 Å². The third-order valence-corrected chi connectivity index (χ3v) is 7.83. The highest BCUT2D eigenvalue weighted by Crippen LogP contribution is 2.12. The largest absolute Gasteiger partial charge is 0.480 e. The van der Waals surface area contributed by atoms with Crippen molar-refractivity contribution in [3.05, 3.63) is 35.9 Å². The van der Waals surface area contributed by atoms with Gasteiger partial charge in [-0.1, -0.05) is 50.6 Å². The number of nitrogens with one attached hydrogen (secondary N) is 5. The summed E-state index contributed by atoms with van der Waals surface area (Å²) in [7, 11) is 0. The third-order valence-electron chi connectivity index (χ3n) is 7.46. The number of hydrogen-bond acceptors (Lipinski definition) is 8. The Morgan fingerprint density at radius 1 is 0.976 bits per heavy atom. The van der Waals surface area contributed by atoms with Gasteiger partial charge in [-0.15, -0.1) is 0 Å². The van der Waals surface area contributed by atoms with Crippen LogP contribution in [0.1, 0.15) is 57.9 Å². The monoisotopic (exact) mass is 606 g/mol. The highest BCUT2D eigenvalue weighted by molar-refractivity contribution is 7.80. The minimum atomic E-state index is -1.20. The highest BCUT2D eigenvalue weighted by Gasteiger charge is 2.34. The molecule has 1 aliphatic rings. The van der Waals surface area contributed by atoms with Gasteiger partial charge in [-0.25, -0.2) is 4.79 Å². The molecule has 234 valence electrons. The van der Waals surface area contributed by atoms with Crippen LogP contribution in [0.3, 0.4) is 0 Å². The number of carbonyl (C=O) groups is 5. The van der Waals surface area contributed by atoms with E-state index in [4.69, 9.17) is 5.73 Å². The van der Waals surface area contributed by atoms with Crippen molar-refractivity contribution in [2.45, 2.75) is 89.0 Å². The molecule has 1 aromatic carbocycles. The van der Waals surface area contributed by atoms with Crippen molar-refractivity contribution in [3.8, 4) is 0 Å². The van der Waals surface area contributed by atoms with Crippen LogP contribution in [0.4, 0.5) is 0 Å². The molecule has 1 saturated heterocycles. The minimum absolute atomic E-state index is 0.0290. The lowest BCUT2D eigenvalue weighted by Crippen LogP contribution is -2.60. The smallest absolute Gasteiger partial charge is 0.326 e. The van der Waals surface area contributed by atoms with E-state index in [1.54, 1.807) is 31.2 Å². The predicted molar refractivity (Wildman–Crippen MR) is 163 cm³/mol. The van der Waals surface area contributed by atoms with E-state index in [1.807, 2.05) is 13.0 Å². The van der Waals surface area contributed by atoms with Crippen LogP contribution in [-0.2, 0) is 30.4 Å². The number of amides is 4. The first-order valence-electron chi connectivity index (χ1n) is 14.6. The summed E-state index contributed by atoms with van der Waals surface area (Å²) >= 11 is 4.23. The lowest BCUT2D eigenvalue weighted by Gasteiger charge is -2.28. The SMILES string of the molecule is CC[C@H](C)[C@H](NC(=O)[C@H](CS)NC(=O)[C@@H]1CCCN1)C(=O)N[C@@H](CCCCN)C(=O)N[C@@H](Cc1ccccc1)C(=O)O. The van der Waals surface area contributed by atoms with Crippen molar-refractivity contribution in [2.24, 2.45) is 11.7 Å². The Bertz CT molecular complexity index is 1040. The molecule has 8 N–H and O–H groups in total. The zero-order chi connectivity index (χ0) is 31.1. The maximum atomic E-state index is 13.5. The van der Waals surface area contributed by atoms with Gasteiger partial charge in [0.1, 0.15) is 24.2 Å². The van der Waals surface area contributed by atoms with Crippen LogP contribution in [0, 0.1) is 5.92 Å². The molecule has 0 saturated carbocycles. The molecule has 0 unspecified atom stereocenters. The van der Waals surface area contributed by atoms with E-state index < -0.39 is 47.9 Å². The zero-order valence-electron chi connectivity index (χ0n) is 24.4. The molecular weight excluding hydrogens is 560 g/mol. The maximum Gasteiger partial charge on any atom is 0.326 e. The Kier molecular flexibility index (Phi) is 15.3. The molecule has 2 rings (SSSR count).